The average molecular weight is 335 g/mol. The molecule has 0 aliphatic carbocycles. The van der Waals surface area contributed by atoms with E-state index >= 15 is 0 Å². The fourth-order valence-electron chi connectivity index (χ4n) is 2.36. The molecule has 0 heterocycles. The van der Waals surface area contributed by atoms with Crippen LogP contribution in [0, 0.1) is 6.92 Å². The lowest BCUT2D eigenvalue weighted by Gasteiger charge is -2.20. The van der Waals surface area contributed by atoms with Gasteiger partial charge in [-0.25, -0.2) is 0 Å². The average Bonchev–Trinajstić information content (AvgIpc) is 2.50. The number of benzene rings is 1. The second-order valence-corrected chi connectivity index (χ2v) is 6.93. The predicted octanol–water partition coefficient (Wildman–Crippen LogP) is 2.49. The van der Waals surface area contributed by atoms with Crippen LogP contribution in [0.15, 0.2) is 23.2 Å². The van der Waals surface area contributed by atoms with E-state index < -0.39 is 0 Å². The SMILES string of the molecule is CCNC(=NCCNC(C)(C)C)NCCc1cc(C)ccc1OC. The highest BCUT2D eigenvalue weighted by molar-refractivity contribution is 5.79. The quantitative estimate of drug-likeness (QED) is 0.388. The van der Waals surface area contributed by atoms with Gasteiger partial charge in [0.2, 0.25) is 0 Å². The Bertz CT molecular complexity index is 521. The number of methoxy groups -OCH3 is 1. The molecule has 0 saturated carbocycles. The second-order valence-electron chi connectivity index (χ2n) is 6.93. The molecule has 0 atom stereocenters. The minimum Gasteiger partial charge on any atom is -0.496 e. The summed E-state index contributed by atoms with van der Waals surface area (Å²) in [6, 6.07) is 6.28. The number of guanidine groups is 1. The number of aliphatic imine (C=N–C) groups is 1. The van der Waals surface area contributed by atoms with Crippen molar-refractivity contribution in [2.75, 3.05) is 33.3 Å². The molecule has 0 saturated heterocycles. The van der Waals surface area contributed by atoms with Crippen molar-refractivity contribution < 1.29 is 4.74 Å². The number of hydrogen-bond acceptors (Lipinski definition) is 3. The van der Waals surface area contributed by atoms with Gasteiger partial charge in [0.05, 0.1) is 13.7 Å². The molecule has 0 amide bonds. The van der Waals surface area contributed by atoms with Crippen LogP contribution in [0.2, 0.25) is 0 Å². The van der Waals surface area contributed by atoms with Crippen LogP contribution < -0.4 is 20.7 Å². The van der Waals surface area contributed by atoms with Crippen LogP contribution in [0.4, 0.5) is 0 Å². The van der Waals surface area contributed by atoms with Gasteiger partial charge in [-0.1, -0.05) is 17.7 Å². The van der Waals surface area contributed by atoms with Crippen molar-refractivity contribution in [1.29, 1.82) is 0 Å². The van der Waals surface area contributed by atoms with Crippen molar-refractivity contribution in [2.24, 2.45) is 4.99 Å². The summed E-state index contributed by atoms with van der Waals surface area (Å²) in [5, 5.41) is 10.1. The molecule has 5 heteroatoms. The van der Waals surface area contributed by atoms with E-state index in [0.29, 0.717) is 0 Å². The molecule has 1 aromatic carbocycles. The molecule has 1 rings (SSSR count). The molecule has 0 aliphatic rings. The third-order valence-corrected chi connectivity index (χ3v) is 3.50. The molecular weight excluding hydrogens is 300 g/mol. The number of ether oxygens (including phenoxy) is 1. The van der Waals surface area contributed by atoms with Crippen molar-refractivity contribution >= 4 is 5.96 Å². The standard InChI is InChI=1S/C19H34N4O/c1-7-20-18(22-12-13-23-19(3,4)5)21-11-10-16-14-15(2)8-9-17(16)24-6/h8-9,14,23H,7,10-13H2,1-6H3,(H2,20,21,22). The molecule has 0 unspecified atom stereocenters. The molecule has 3 N–H and O–H groups in total. The summed E-state index contributed by atoms with van der Waals surface area (Å²) in [5.74, 6) is 1.80. The Labute approximate surface area is 147 Å². The summed E-state index contributed by atoms with van der Waals surface area (Å²) >= 11 is 0. The van der Waals surface area contributed by atoms with E-state index in [4.69, 9.17) is 4.74 Å². The molecule has 0 spiro atoms. The van der Waals surface area contributed by atoms with Crippen LogP contribution in [0.3, 0.4) is 0 Å². The highest BCUT2D eigenvalue weighted by Crippen LogP contribution is 2.19. The maximum Gasteiger partial charge on any atom is 0.191 e. The highest BCUT2D eigenvalue weighted by Gasteiger charge is 2.07. The van der Waals surface area contributed by atoms with Crippen molar-refractivity contribution in [2.45, 2.75) is 46.6 Å². The van der Waals surface area contributed by atoms with E-state index in [2.05, 4.69) is 67.7 Å². The molecular formula is C19H34N4O. The van der Waals surface area contributed by atoms with Crippen LogP contribution in [-0.2, 0) is 6.42 Å². The van der Waals surface area contributed by atoms with E-state index in [-0.39, 0.29) is 5.54 Å². The number of aryl methyl sites for hydroxylation is 1. The van der Waals surface area contributed by atoms with Crippen LogP contribution in [0.5, 0.6) is 5.75 Å². The Morgan fingerprint density at radius 3 is 2.54 bits per heavy atom. The highest BCUT2D eigenvalue weighted by atomic mass is 16.5. The summed E-state index contributed by atoms with van der Waals surface area (Å²) in [7, 11) is 1.72. The fraction of sp³-hybridized carbons (Fsp3) is 0.632. The Morgan fingerprint density at radius 1 is 1.17 bits per heavy atom. The summed E-state index contributed by atoms with van der Waals surface area (Å²) in [5.41, 5.74) is 2.60. The third-order valence-electron chi connectivity index (χ3n) is 3.50. The minimum atomic E-state index is 0.128. The number of nitrogens with one attached hydrogen (secondary N) is 3. The molecule has 0 aromatic heterocycles. The topological polar surface area (TPSA) is 57.7 Å². The van der Waals surface area contributed by atoms with Gasteiger partial charge in [-0.2, -0.15) is 0 Å². The summed E-state index contributed by atoms with van der Waals surface area (Å²) in [6.07, 6.45) is 0.898. The van der Waals surface area contributed by atoms with Crippen LogP contribution in [-0.4, -0.2) is 44.8 Å². The maximum absolute atomic E-state index is 5.43. The number of rotatable bonds is 8. The van der Waals surface area contributed by atoms with Crippen LogP contribution in [0.1, 0.15) is 38.8 Å². The van der Waals surface area contributed by atoms with Gasteiger partial charge in [0.1, 0.15) is 5.75 Å². The van der Waals surface area contributed by atoms with Gasteiger partial charge in [-0.3, -0.25) is 4.99 Å². The first-order valence-electron chi connectivity index (χ1n) is 8.76. The van der Waals surface area contributed by atoms with Gasteiger partial charge in [0.25, 0.3) is 0 Å². The summed E-state index contributed by atoms with van der Waals surface area (Å²) in [4.78, 5) is 4.61. The van der Waals surface area contributed by atoms with Crippen LogP contribution >= 0.6 is 0 Å². The molecule has 0 aliphatic heterocycles. The maximum atomic E-state index is 5.43. The molecule has 1 aromatic rings. The predicted molar refractivity (Wildman–Crippen MR) is 103 cm³/mol. The van der Waals surface area contributed by atoms with Gasteiger partial charge in [-0.15, -0.1) is 0 Å². The van der Waals surface area contributed by atoms with Crippen molar-refractivity contribution in [3.63, 3.8) is 0 Å². The lowest BCUT2D eigenvalue weighted by atomic mass is 10.1. The Morgan fingerprint density at radius 2 is 1.92 bits per heavy atom. The van der Waals surface area contributed by atoms with E-state index in [1.54, 1.807) is 7.11 Å². The van der Waals surface area contributed by atoms with Crippen molar-refractivity contribution in [3.8, 4) is 5.75 Å². The Balaban J connectivity index is 2.50. The zero-order valence-corrected chi connectivity index (χ0v) is 16.1. The molecule has 136 valence electrons. The van der Waals surface area contributed by atoms with Gasteiger partial charge in [-0.05, 0) is 52.7 Å². The second kappa shape index (κ2) is 10.2. The van der Waals surface area contributed by atoms with Crippen molar-refractivity contribution in [1.82, 2.24) is 16.0 Å². The number of nitrogens with zero attached hydrogens (tertiary/aromatic N) is 1. The van der Waals surface area contributed by atoms with Crippen LogP contribution in [0.25, 0.3) is 0 Å². The molecule has 0 bridgehead atoms. The lowest BCUT2D eigenvalue weighted by molar-refractivity contribution is 0.409. The first-order chi connectivity index (χ1) is 11.4. The first-order valence-corrected chi connectivity index (χ1v) is 8.76. The Hall–Kier alpha value is -1.75. The molecule has 0 fully saturated rings. The van der Waals surface area contributed by atoms with Crippen molar-refractivity contribution in [3.05, 3.63) is 29.3 Å². The van der Waals surface area contributed by atoms with Gasteiger partial charge >= 0.3 is 0 Å². The summed E-state index contributed by atoms with van der Waals surface area (Å²) in [6.45, 7) is 14.0. The van der Waals surface area contributed by atoms with E-state index in [1.165, 1.54) is 11.1 Å². The largest absolute Gasteiger partial charge is 0.496 e. The fourth-order valence-corrected chi connectivity index (χ4v) is 2.36. The zero-order valence-electron chi connectivity index (χ0n) is 16.1. The third kappa shape index (κ3) is 8.20. The van der Waals surface area contributed by atoms with E-state index in [9.17, 15) is 0 Å². The smallest absolute Gasteiger partial charge is 0.191 e. The summed E-state index contributed by atoms with van der Waals surface area (Å²) < 4.78 is 5.43. The number of hydrogen-bond donors (Lipinski definition) is 3. The van der Waals surface area contributed by atoms with Gasteiger partial charge in [0, 0.05) is 25.2 Å². The molecule has 24 heavy (non-hydrogen) atoms. The molecule has 5 nitrogen and oxygen atoms in total. The normalized spacial score (nSPS) is 12.2. The zero-order chi connectivity index (χ0) is 18.0. The minimum absolute atomic E-state index is 0.128. The lowest BCUT2D eigenvalue weighted by Crippen LogP contribution is -2.40. The Kier molecular flexibility index (Phi) is 8.61. The van der Waals surface area contributed by atoms with E-state index in [0.717, 1.165) is 44.3 Å². The van der Waals surface area contributed by atoms with Gasteiger partial charge < -0.3 is 20.7 Å². The first kappa shape index (κ1) is 20.3. The monoisotopic (exact) mass is 334 g/mol. The van der Waals surface area contributed by atoms with Gasteiger partial charge in [0.15, 0.2) is 5.96 Å². The molecule has 0 radical (unpaired) electrons. The van der Waals surface area contributed by atoms with E-state index in [1.807, 2.05) is 6.07 Å².